The second-order valence-electron chi connectivity index (χ2n) is 12.8. The Balaban J connectivity index is 0. The lowest BCUT2D eigenvalue weighted by Crippen LogP contribution is -2.54. The predicted molar refractivity (Wildman–Crippen MR) is 168 cm³/mol. The molecule has 0 saturated carbocycles. The highest BCUT2D eigenvalue weighted by Crippen LogP contribution is 2.14. The van der Waals surface area contributed by atoms with Crippen molar-refractivity contribution in [3.8, 4) is 0 Å². The van der Waals surface area contributed by atoms with Gasteiger partial charge >= 0.3 is 24.1 Å². The molecule has 2 amide bonds. The van der Waals surface area contributed by atoms with E-state index in [1.807, 2.05) is 13.8 Å². The van der Waals surface area contributed by atoms with Crippen LogP contribution in [0.5, 0.6) is 0 Å². The molecule has 0 aromatic carbocycles. The topological polar surface area (TPSA) is 167 Å². The molecule has 0 aliphatic carbocycles. The van der Waals surface area contributed by atoms with E-state index < -0.39 is 35.2 Å². The highest BCUT2D eigenvalue weighted by atomic mass is 16.6. The van der Waals surface area contributed by atoms with Gasteiger partial charge in [-0.1, -0.05) is 53.4 Å². The molecule has 12 nitrogen and oxygen atoms in total. The standard InChI is InChI=1S/C16H29NO5.C16H31NO5/c1-6-8-9-10-13(19)21-12-16(7-2,11-18)17-14(20)22-15(3,4)5;1-6-8-9-10-13(18)21-11-12(7-2)14(19)17-15(20)22-16(3,4)5/h11H,6-10,12H2,1-5H3,(H,17,20);12,14,19H,6-11H2,1-5H3,(H,17,20)/t16-;12-,14?/m11/s1. The van der Waals surface area contributed by atoms with Crippen LogP contribution in [0, 0.1) is 5.92 Å². The minimum atomic E-state index is -1.25. The number of aliphatic hydroxyl groups is 1. The van der Waals surface area contributed by atoms with Gasteiger partial charge in [0, 0.05) is 18.8 Å². The number of nitrogens with one attached hydrogen (secondary N) is 2. The number of ether oxygens (including phenoxy) is 4. The van der Waals surface area contributed by atoms with Gasteiger partial charge in [0.15, 0.2) is 0 Å². The average Bonchev–Trinajstić information content (AvgIpc) is 2.90. The number of esters is 2. The summed E-state index contributed by atoms with van der Waals surface area (Å²) >= 11 is 0. The van der Waals surface area contributed by atoms with Crippen LogP contribution in [-0.4, -0.2) is 71.7 Å². The fourth-order valence-corrected chi connectivity index (χ4v) is 3.45. The lowest BCUT2D eigenvalue weighted by molar-refractivity contribution is -0.147. The second kappa shape index (κ2) is 22.6. The summed E-state index contributed by atoms with van der Waals surface area (Å²) in [6.45, 7) is 18.0. The number of unbranched alkanes of at least 4 members (excludes halogenated alkanes) is 4. The number of aliphatic hydroxyl groups excluding tert-OH is 1. The number of hydrogen-bond acceptors (Lipinski definition) is 10. The first-order valence-electron chi connectivity index (χ1n) is 15.8. The summed E-state index contributed by atoms with van der Waals surface area (Å²) in [7, 11) is 0. The molecule has 3 N–H and O–H groups in total. The zero-order chi connectivity index (χ0) is 34.4. The third kappa shape index (κ3) is 23.6. The lowest BCUT2D eigenvalue weighted by Gasteiger charge is -2.29. The molecule has 0 heterocycles. The van der Waals surface area contributed by atoms with Crippen molar-refractivity contribution in [1.29, 1.82) is 0 Å². The van der Waals surface area contributed by atoms with Crippen molar-refractivity contribution in [3.05, 3.63) is 0 Å². The fourth-order valence-electron chi connectivity index (χ4n) is 3.45. The summed E-state index contributed by atoms with van der Waals surface area (Å²) in [6, 6.07) is 0. The van der Waals surface area contributed by atoms with Crippen molar-refractivity contribution < 1.29 is 48.0 Å². The van der Waals surface area contributed by atoms with Crippen LogP contribution < -0.4 is 10.6 Å². The minimum Gasteiger partial charge on any atom is -0.465 e. The lowest BCUT2D eigenvalue weighted by atomic mass is 10.00. The number of amides is 2. The fraction of sp³-hybridized carbons (Fsp3) is 0.844. The Hall–Kier alpha value is -2.89. The van der Waals surface area contributed by atoms with E-state index in [0.29, 0.717) is 32.0 Å². The average molecular weight is 633 g/mol. The van der Waals surface area contributed by atoms with Gasteiger partial charge in [-0.25, -0.2) is 9.59 Å². The van der Waals surface area contributed by atoms with Crippen LogP contribution in [-0.2, 0) is 33.3 Å². The van der Waals surface area contributed by atoms with Crippen molar-refractivity contribution in [2.75, 3.05) is 13.2 Å². The Bertz CT molecular complexity index is 851. The van der Waals surface area contributed by atoms with Crippen LogP contribution in [0.3, 0.4) is 0 Å². The quantitative estimate of drug-likeness (QED) is 0.0539. The van der Waals surface area contributed by atoms with Gasteiger partial charge in [0.1, 0.15) is 35.9 Å². The number of hydrogen-bond donors (Lipinski definition) is 3. The molecule has 44 heavy (non-hydrogen) atoms. The van der Waals surface area contributed by atoms with Crippen LogP contribution in [0.15, 0.2) is 0 Å². The molecular formula is C32H60N2O10. The summed E-state index contributed by atoms with van der Waals surface area (Å²) < 4.78 is 20.5. The van der Waals surface area contributed by atoms with Crippen LogP contribution in [0.4, 0.5) is 9.59 Å². The van der Waals surface area contributed by atoms with Crippen LogP contribution in [0.1, 0.15) is 133 Å². The SMILES string of the molecule is CCCCCC(=O)OC[C@@H](CC)C(O)NC(=O)OC(C)(C)C.CCCCCC(=O)OC[C@](C=O)(CC)NC(=O)OC(C)(C)C. The molecule has 1 unspecified atom stereocenters. The predicted octanol–water partition coefficient (Wildman–Crippen LogP) is 5.96. The number of carbonyl (C=O) groups is 5. The first-order chi connectivity index (χ1) is 20.4. The smallest absolute Gasteiger partial charge is 0.409 e. The molecule has 0 bridgehead atoms. The van der Waals surface area contributed by atoms with Gasteiger partial charge in [-0.15, -0.1) is 0 Å². The highest BCUT2D eigenvalue weighted by Gasteiger charge is 2.33. The molecule has 0 aliphatic heterocycles. The van der Waals surface area contributed by atoms with Crippen molar-refractivity contribution in [2.45, 2.75) is 156 Å². The molecule has 0 spiro atoms. The Morgan fingerprint density at radius 1 is 0.750 bits per heavy atom. The van der Waals surface area contributed by atoms with Crippen LogP contribution in [0.25, 0.3) is 0 Å². The monoisotopic (exact) mass is 632 g/mol. The normalized spacial score (nSPS) is 14.0. The molecule has 12 heteroatoms. The summed E-state index contributed by atoms with van der Waals surface area (Å²) in [5.41, 5.74) is -2.54. The zero-order valence-corrected chi connectivity index (χ0v) is 28.8. The number of rotatable bonds is 18. The minimum absolute atomic E-state index is 0.0818. The number of aldehydes is 1. The van der Waals surface area contributed by atoms with Crippen molar-refractivity contribution in [3.63, 3.8) is 0 Å². The molecule has 0 radical (unpaired) electrons. The molecule has 0 saturated heterocycles. The van der Waals surface area contributed by atoms with Crippen LogP contribution >= 0.6 is 0 Å². The van der Waals surface area contributed by atoms with E-state index in [0.717, 1.165) is 38.5 Å². The second-order valence-corrected chi connectivity index (χ2v) is 12.8. The summed E-state index contributed by atoms with van der Waals surface area (Å²) in [5.74, 6) is -0.988. The van der Waals surface area contributed by atoms with Gasteiger partial charge in [0.25, 0.3) is 0 Å². The highest BCUT2D eigenvalue weighted by molar-refractivity contribution is 5.77. The maximum atomic E-state index is 11.8. The third-order valence-electron chi connectivity index (χ3n) is 6.16. The molecule has 0 rings (SSSR count). The van der Waals surface area contributed by atoms with Crippen molar-refractivity contribution >= 4 is 30.4 Å². The molecule has 0 fully saturated rings. The zero-order valence-electron chi connectivity index (χ0n) is 28.8. The Kier molecular flexibility index (Phi) is 22.2. The molecule has 258 valence electrons. The van der Waals surface area contributed by atoms with Gasteiger partial charge in [-0.2, -0.15) is 0 Å². The van der Waals surface area contributed by atoms with Crippen molar-refractivity contribution in [2.24, 2.45) is 5.92 Å². The first-order valence-corrected chi connectivity index (χ1v) is 15.8. The molecular weight excluding hydrogens is 572 g/mol. The maximum Gasteiger partial charge on any atom is 0.409 e. The van der Waals surface area contributed by atoms with E-state index in [2.05, 4.69) is 17.6 Å². The van der Waals surface area contributed by atoms with E-state index in [-0.39, 0.29) is 31.1 Å². The van der Waals surface area contributed by atoms with E-state index in [4.69, 9.17) is 18.9 Å². The van der Waals surface area contributed by atoms with E-state index in [1.165, 1.54) is 0 Å². The van der Waals surface area contributed by atoms with Gasteiger partial charge in [-0.3, -0.25) is 14.9 Å². The third-order valence-corrected chi connectivity index (χ3v) is 6.16. The van der Waals surface area contributed by atoms with E-state index in [1.54, 1.807) is 48.5 Å². The summed E-state index contributed by atoms with van der Waals surface area (Å²) in [5, 5.41) is 14.9. The summed E-state index contributed by atoms with van der Waals surface area (Å²) in [6.07, 6.45) is 5.25. The van der Waals surface area contributed by atoms with Gasteiger partial charge in [0.05, 0.1) is 6.61 Å². The van der Waals surface area contributed by atoms with Crippen LogP contribution in [0.2, 0.25) is 0 Å². The van der Waals surface area contributed by atoms with E-state index >= 15 is 0 Å². The molecule has 0 aliphatic rings. The van der Waals surface area contributed by atoms with Crippen molar-refractivity contribution in [1.82, 2.24) is 10.6 Å². The summed E-state index contributed by atoms with van der Waals surface area (Å²) in [4.78, 5) is 58.0. The largest absolute Gasteiger partial charge is 0.465 e. The van der Waals surface area contributed by atoms with Gasteiger partial charge in [0.2, 0.25) is 0 Å². The van der Waals surface area contributed by atoms with Gasteiger partial charge in [-0.05, 0) is 67.2 Å². The first kappa shape index (κ1) is 43.2. The molecule has 0 aromatic heterocycles. The Morgan fingerprint density at radius 2 is 1.23 bits per heavy atom. The number of carbonyl (C=O) groups excluding carboxylic acids is 5. The van der Waals surface area contributed by atoms with Gasteiger partial charge < -0.3 is 34.2 Å². The maximum absolute atomic E-state index is 11.8. The number of alkyl carbamates (subject to hydrolysis) is 2. The Morgan fingerprint density at radius 3 is 1.64 bits per heavy atom. The molecule has 3 atom stereocenters. The Labute approximate surface area is 264 Å². The van der Waals surface area contributed by atoms with E-state index in [9.17, 15) is 29.1 Å². The molecule has 0 aromatic rings.